The molecule has 5 nitrogen and oxygen atoms in total. The first-order valence-corrected chi connectivity index (χ1v) is 10.2. The summed E-state index contributed by atoms with van der Waals surface area (Å²) in [7, 11) is 0. The van der Waals surface area contributed by atoms with E-state index in [0.29, 0.717) is 34.4 Å². The first kappa shape index (κ1) is 20.2. The van der Waals surface area contributed by atoms with Crippen molar-refractivity contribution in [1.29, 1.82) is 0 Å². The van der Waals surface area contributed by atoms with Crippen LogP contribution in [0.15, 0.2) is 64.5 Å². The maximum Gasteiger partial charge on any atom is 0.255 e. The van der Waals surface area contributed by atoms with Crippen LogP contribution in [-0.4, -0.2) is 21.6 Å². The van der Waals surface area contributed by atoms with Crippen molar-refractivity contribution in [2.24, 2.45) is 0 Å². The topological polar surface area (TPSA) is 74.8 Å². The number of rotatable bonds is 7. The van der Waals surface area contributed by atoms with E-state index in [9.17, 15) is 9.59 Å². The Morgan fingerprint density at radius 2 is 1.82 bits per heavy atom. The average Bonchev–Trinajstić information content (AvgIpc) is 2.69. The Bertz CT molecular complexity index is 1000. The van der Waals surface area contributed by atoms with Gasteiger partial charge in [-0.3, -0.25) is 9.59 Å². The van der Waals surface area contributed by atoms with Crippen LogP contribution in [0.5, 0.6) is 0 Å². The average molecular weight is 414 g/mol. The van der Waals surface area contributed by atoms with Gasteiger partial charge in [0.05, 0.1) is 5.75 Å². The maximum absolute atomic E-state index is 12.4. The van der Waals surface area contributed by atoms with Crippen molar-refractivity contribution in [1.82, 2.24) is 15.3 Å². The van der Waals surface area contributed by atoms with Gasteiger partial charge < -0.3 is 10.3 Å². The van der Waals surface area contributed by atoms with Gasteiger partial charge >= 0.3 is 0 Å². The van der Waals surface area contributed by atoms with E-state index in [1.807, 2.05) is 49.4 Å². The van der Waals surface area contributed by atoms with E-state index < -0.39 is 0 Å². The monoisotopic (exact) mass is 413 g/mol. The van der Waals surface area contributed by atoms with E-state index in [1.54, 1.807) is 12.1 Å². The molecule has 0 saturated carbocycles. The third-order valence-corrected chi connectivity index (χ3v) is 5.29. The summed E-state index contributed by atoms with van der Waals surface area (Å²) < 4.78 is 0. The fourth-order valence-electron chi connectivity index (χ4n) is 2.65. The number of nitrogens with zero attached hydrogens (tertiary/aromatic N) is 1. The highest BCUT2D eigenvalue weighted by Crippen LogP contribution is 2.15. The molecule has 7 heteroatoms. The second kappa shape index (κ2) is 9.57. The molecule has 0 aliphatic rings. The molecule has 1 amide bonds. The van der Waals surface area contributed by atoms with E-state index in [2.05, 4.69) is 15.3 Å². The minimum absolute atomic E-state index is 0.131. The predicted molar refractivity (Wildman–Crippen MR) is 113 cm³/mol. The molecular weight excluding hydrogens is 394 g/mol. The highest BCUT2D eigenvalue weighted by Gasteiger charge is 2.11. The molecule has 0 bridgehead atoms. The second-order valence-corrected chi connectivity index (χ2v) is 7.69. The van der Waals surface area contributed by atoms with Gasteiger partial charge in [0.1, 0.15) is 0 Å². The fraction of sp³-hybridized carbons (Fsp3) is 0.190. The number of carbonyl (C=O) groups is 1. The molecule has 0 radical (unpaired) electrons. The summed E-state index contributed by atoms with van der Waals surface area (Å²) in [5.74, 6) is 0.0437. The lowest BCUT2D eigenvalue weighted by atomic mass is 10.1. The smallest absolute Gasteiger partial charge is 0.255 e. The molecule has 0 spiro atoms. The van der Waals surface area contributed by atoms with Crippen LogP contribution < -0.4 is 10.9 Å². The van der Waals surface area contributed by atoms with Gasteiger partial charge in [-0.25, -0.2) is 4.98 Å². The number of hydrogen-bond donors (Lipinski definition) is 2. The van der Waals surface area contributed by atoms with Gasteiger partial charge in [0.2, 0.25) is 5.91 Å². The Balaban J connectivity index is 1.56. The number of carbonyl (C=O) groups excluding carboxylic acids is 1. The van der Waals surface area contributed by atoms with Crippen molar-refractivity contribution < 1.29 is 4.79 Å². The molecule has 0 aliphatic heterocycles. The van der Waals surface area contributed by atoms with Crippen LogP contribution in [0.25, 0.3) is 0 Å². The number of hydrogen-bond acceptors (Lipinski definition) is 4. The zero-order valence-electron chi connectivity index (χ0n) is 15.4. The molecule has 2 aromatic carbocycles. The van der Waals surface area contributed by atoms with Crippen molar-refractivity contribution in [2.75, 3.05) is 5.75 Å². The van der Waals surface area contributed by atoms with E-state index in [1.165, 1.54) is 11.8 Å². The molecule has 0 aliphatic carbocycles. The predicted octanol–water partition coefficient (Wildman–Crippen LogP) is 3.73. The van der Waals surface area contributed by atoms with Crippen molar-refractivity contribution in [3.8, 4) is 0 Å². The Hall–Kier alpha value is -2.57. The zero-order chi connectivity index (χ0) is 19.9. The number of aromatic nitrogens is 2. The molecule has 0 unspecified atom stereocenters. The van der Waals surface area contributed by atoms with Crippen molar-refractivity contribution in [3.05, 3.63) is 92.4 Å². The van der Waals surface area contributed by atoms with Crippen LogP contribution in [0.2, 0.25) is 5.02 Å². The van der Waals surface area contributed by atoms with Gasteiger partial charge in [-0.05, 0) is 30.2 Å². The lowest BCUT2D eigenvalue weighted by molar-refractivity contribution is -0.118. The number of aromatic amines is 1. The molecule has 28 heavy (non-hydrogen) atoms. The van der Waals surface area contributed by atoms with Crippen molar-refractivity contribution >= 4 is 29.3 Å². The molecule has 0 atom stereocenters. The standard InChI is InChI=1S/C21H20ClN3O2S/c1-14-18(11-15-5-3-2-4-6-15)20(27)25-21(24-14)28-13-19(26)23-12-16-7-9-17(22)10-8-16/h2-10H,11-13H2,1H3,(H,23,26)(H,24,25,27). The first-order chi connectivity index (χ1) is 13.5. The lowest BCUT2D eigenvalue weighted by Gasteiger charge is -2.08. The van der Waals surface area contributed by atoms with Crippen LogP contribution in [0.1, 0.15) is 22.4 Å². The van der Waals surface area contributed by atoms with Gasteiger partial charge in [0, 0.05) is 29.2 Å². The Morgan fingerprint density at radius 1 is 1.11 bits per heavy atom. The number of amides is 1. The van der Waals surface area contributed by atoms with E-state index in [0.717, 1.165) is 11.1 Å². The molecule has 3 rings (SSSR count). The van der Waals surface area contributed by atoms with Crippen LogP contribution >= 0.6 is 23.4 Å². The molecular formula is C21H20ClN3O2S. The Morgan fingerprint density at radius 3 is 2.50 bits per heavy atom. The number of halogens is 1. The summed E-state index contributed by atoms with van der Waals surface area (Å²) in [6, 6.07) is 17.1. The summed E-state index contributed by atoms with van der Waals surface area (Å²) in [4.78, 5) is 31.7. The second-order valence-electron chi connectivity index (χ2n) is 6.29. The van der Waals surface area contributed by atoms with Crippen LogP contribution in [0, 0.1) is 6.92 Å². The number of H-pyrrole nitrogens is 1. The van der Waals surface area contributed by atoms with Crippen LogP contribution in [0.3, 0.4) is 0 Å². The van der Waals surface area contributed by atoms with Gasteiger partial charge in [-0.1, -0.05) is 65.8 Å². The Kier molecular flexibility index (Phi) is 6.90. The first-order valence-electron chi connectivity index (χ1n) is 8.79. The minimum atomic E-state index is -0.166. The fourth-order valence-corrected chi connectivity index (χ4v) is 3.51. The van der Waals surface area contributed by atoms with Gasteiger partial charge in [-0.2, -0.15) is 0 Å². The number of aryl methyl sites for hydroxylation is 1. The van der Waals surface area contributed by atoms with Crippen LogP contribution in [-0.2, 0) is 17.8 Å². The summed E-state index contributed by atoms with van der Waals surface area (Å²) in [5, 5.41) is 3.94. The summed E-state index contributed by atoms with van der Waals surface area (Å²) in [6.45, 7) is 2.24. The van der Waals surface area contributed by atoms with Gasteiger partial charge in [0.15, 0.2) is 5.16 Å². The quantitative estimate of drug-likeness (QED) is 0.457. The highest BCUT2D eigenvalue weighted by molar-refractivity contribution is 7.99. The van der Waals surface area contributed by atoms with Gasteiger partial charge in [-0.15, -0.1) is 0 Å². The van der Waals surface area contributed by atoms with E-state index >= 15 is 0 Å². The lowest BCUT2D eigenvalue weighted by Crippen LogP contribution is -2.25. The van der Waals surface area contributed by atoms with E-state index in [-0.39, 0.29) is 17.2 Å². The molecule has 1 heterocycles. The van der Waals surface area contributed by atoms with E-state index in [4.69, 9.17) is 11.6 Å². The molecule has 3 aromatic rings. The maximum atomic E-state index is 12.4. The van der Waals surface area contributed by atoms with Gasteiger partial charge in [0.25, 0.3) is 5.56 Å². The largest absolute Gasteiger partial charge is 0.351 e. The molecule has 1 aromatic heterocycles. The summed E-state index contributed by atoms with van der Waals surface area (Å²) in [5.41, 5.74) is 3.18. The van der Waals surface area contributed by atoms with Crippen molar-refractivity contribution in [3.63, 3.8) is 0 Å². The summed E-state index contributed by atoms with van der Waals surface area (Å²) in [6.07, 6.45) is 0.529. The summed E-state index contributed by atoms with van der Waals surface area (Å²) >= 11 is 7.06. The third-order valence-electron chi connectivity index (χ3n) is 4.17. The SMILES string of the molecule is Cc1nc(SCC(=O)NCc2ccc(Cl)cc2)[nH]c(=O)c1Cc1ccccc1. The highest BCUT2D eigenvalue weighted by atomic mass is 35.5. The molecule has 0 saturated heterocycles. The Labute approximate surface area is 172 Å². The third kappa shape index (κ3) is 5.71. The minimum Gasteiger partial charge on any atom is -0.351 e. The molecule has 0 fully saturated rings. The number of nitrogens with one attached hydrogen (secondary N) is 2. The number of benzene rings is 2. The zero-order valence-corrected chi connectivity index (χ0v) is 16.9. The number of thioether (sulfide) groups is 1. The molecule has 144 valence electrons. The molecule has 2 N–H and O–H groups in total. The van der Waals surface area contributed by atoms with Crippen molar-refractivity contribution in [2.45, 2.75) is 25.0 Å². The van der Waals surface area contributed by atoms with Crippen LogP contribution in [0.4, 0.5) is 0 Å². The normalized spacial score (nSPS) is 10.6.